The highest BCUT2D eigenvalue weighted by Crippen LogP contribution is 2.15. The number of hydrogen-bond donors (Lipinski definition) is 0. The molecular formula is C6H11O2. The maximum Gasteiger partial charge on any atom is 0.220 e. The number of hydrogen-bond acceptors (Lipinski definition) is 2. The molecule has 0 amide bonds. The summed E-state index contributed by atoms with van der Waals surface area (Å²) >= 11 is 0. The standard InChI is InChI=1S/C6H11O2/c1-5-3-4-7-6(2)8-5/h5H,3-4H2,1-2H3. The van der Waals surface area contributed by atoms with Crippen LogP contribution in [-0.2, 0) is 9.47 Å². The molecule has 0 saturated carbocycles. The Morgan fingerprint density at radius 1 is 1.62 bits per heavy atom. The topological polar surface area (TPSA) is 18.5 Å². The zero-order valence-electron chi connectivity index (χ0n) is 5.31. The highest BCUT2D eigenvalue weighted by molar-refractivity contribution is 4.65. The van der Waals surface area contributed by atoms with Crippen LogP contribution < -0.4 is 0 Å². The van der Waals surface area contributed by atoms with Gasteiger partial charge in [-0.1, -0.05) is 0 Å². The normalized spacial score (nSPS) is 33.0. The third-order valence-corrected chi connectivity index (χ3v) is 1.20. The SMILES string of the molecule is C[C]1OCCC(C)O1. The van der Waals surface area contributed by atoms with E-state index < -0.39 is 0 Å². The summed E-state index contributed by atoms with van der Waals surface area (Å²) in [5.74, 6) is 0. The van der Waals surface area contributed by atoms with Gasteiger partial charge in [0.05, 0.1) is 12.7 Å². The summed E-state index contributed by atoms with van der Waals surface area (Å²) in [5, 5.41) is 0. The molecule has 0 aromatic heterocycles. The minimum absolute atomic E-state index is 0.351. The van der Waals surface area contributed by atoms with E-state index in [1.54, 1.807) is 0 Å². The molecule has 0 bridgehead atoms. The Bertz CT molecular complexity index is 64.9. The predicted octanol–water partition coefficient (Wildman–Crippen LogP) is 1.32. The summed E-state index contributed by atoms with van der Waals surface area (Å²) in [6, 6.07) is 0. The fourth-order valence-corrected chi connectivity index (χ4v) is 0.745. The van der Waals surface area contributed by atoms with E-state index in [-0.39, 0.29) is 0 Å². The van der Waals surface area contributed by atoms with Gasteiger partial charge in [-0.2, -0.15) is 0 Å². The Labute approximate surface area is 49.8 Å². The Balaban J connectivity index is 2.23. The van der Waals surface area contributed by atoms with Gasteiger partial charge in [-0.25, -0.2) is 0 Å². The molecule has 0 aromatic carbocycles. The van der Waals surface area contributed by atoms with E-state index >= 15 is 0 Å². The molecule has 1 fully saturated rings. The van der Waals surface area contributed by atoms with Crippen molar-refractivity contribution in [3.8, 4) is 0 Å². The van der Waals surface area contributed by atoms with Gasteiger partial charge in [-0.15, -0.1) is 0 Å². The van der Waals surface area contributed by atoms with Gasteiger partial charge in [0.15, 0.2) is 0 Å². The monoisotopic (exact) mass is 115 g/mol. The van der Waals surface area contributed by atoms with Gasteiger partial charge >= 0.3 is 0 Å². The van der Waals surface area contributed by atoms with Gasteiger partial charge in [0.1, 0.15) is 0 Å². The first-order valence-corrected chi connectivity index (χ1v) is 2.92. The lowest BCUT2D eigenvalue weighted by Gasteiger charge is -2.23. The van der Waals surface area contributed by atoms with E-state index in [1.807, 2.05) is 13.8 Å². The van der Waals surface area contributed by atoms with Crippen molar-refractivity contribution in [1.82, 2.24) is 0 Å². The highest BCUT2D eigenvalue weighted by Gasteiger charge is 2.15. The molecule has 0 N–H and O–H groups in total. The Hall–Kier alpha value is -0.0800. The van der Waals surface area contributed by atoms with Crippen LogP contribution in [0.3, 0.4) is 0 Å². The fourth-order valence-electron chi connectivity index (χ4n) is 0.745. The molecule has 0 spiro atoms. The number of rotatable bonds is 0. The second-order valence-electron chi connectivity index (χ2n) is 2.06. The molecule has 2 nitrogen and oxygen atoms in total. The van der Waals surface area contributed by atoms with E-state index in [4.69, 9.17) is 9.47 Å². The van der Waals surface area contributed by atoms with E-state index in [1.165, 1.54) is 0 Å². The largest absolute Gasteiger partial charge is 0.345 e. The van der Waals surface area contributed by atoms with Crippen molar-refractivity contribution in [3.63, 3.8) is 0 Å². The molecule has 0 aromatic rings. The predicted molar refractivity (Wildman–Crippen MR) is 30.0 cm³/mol. The van der Waals surface area contributed by atoms with Crippen molar-refractivity contribution >= 4 is 0 Å². The number of ether oxygens (including phenoxy) is 2. The third-order valence-electron chi connectivity index (χ3n) is 1.20. The van der Waals surface area contributed by atoms with Crippen LogP contribution in [0.15, 0.2) is 0 Å². The van der Waals surface area contributed by atoms with Crippen LogP contribution in [0.25, 0.3) is 0 Å². The van der Waals surface area contributed by atoms with Crippen LogP contribution in [0.1, 0.15) is 20.3 Å². The fraction of sp³-hybridized carbons (Fsp3) is 0.833. The molecule has 47 valence electrons. The molecule has 1 aliphatic heterocycles. The highest BCUT2D eigenvalue weighted by atomic mass is 16.7. The molecule has 1 aliphatic rings. The van der Waals surface area contributed by atoms with E-state index in [0.717, 1.165) is 13.0 Å². The average Bonchev–Trinajstić information content (AvgIpc) is 1.64. The van der Waals surface area contributed by atoms with Crippen molar-refractivity contribution in [2.45, 2.75) is 26.4 Å². The van der Waals surface area contributed by atoms with Gasteiger partial charge in [0.2, 0.25) is 6.29 Å². The van der Waals surface area contributed by atoms with Crippen molar-refractivity contribution in [1.29, 1.82) is 0 Å². The summed E-state index contributed by atoms with van der Waals surface area (Å²) in [7, 11) is 0. The van der Waals surface area contributed by atoms with Gasteiger partial charge in [0.25, 0.3) is 0 Å². The van der Waals surface area contributed by atoms with Gasteiger partial charge < -0.3 is 9.47 Å². The summed E-state index contributed by atoms with van der Waals surface area (Å²) in [4.78, 5) is 0. The van der Waals surface area contributed by atoms with Gasteiger partial charge in [0, 0.05) is 0 Å². The summed E-state index contributed by atoms with van der Waals surface area (Å²) in [6.07, 6.45) is 2.07. The minimum atomic E-state index is 0.351. The van der Waals surface area contributed by atoms with Crippen molar-refractivity contribution < 1.29 is 9.47 Å². The lowest BCUT2D eigenvalue weighted by Crippen LogP contribution is -2.22. The molecule has 1 saturated heterocycles. The van der Waals surface area contributed by atoms with Crippen LogP contribution in [0.4, 0.5) is 0 Å². The van der Waals surface area contributed by atoms with Crippen LogP contribution in [-0.4, -0.2) is 12.7 Å². The third kappa shape index (κ3) is 1.46. The minimum Gasteiger partial charge on any atom is -0.345 e. The van der Waals surface area contributed by atoms with Crippen LogP contribution >= 0.6 is 0 Å². The summed E-state index contributed by atoms with van der Waals surface area (Å²) in [5.41, 5.74) is 0. The van der Waals surface area contributed by atoms with Crippen LogP contribution in [0.2, 0.25) is 0 Å². The van der Waals surface area contributed by atoms with Gasteiger partial charge in [-0.05, 0) is 20.3 Å². The van der Waals surface area contributed by atoms with E-state index in [0.29, 0.717) is 12.4 Å². The maximum atomic E-state index is 5.18. The Kier molecular flexibility index (Phi) is 1.86. The molecule has 2 heteroatoms. The summed E-state index contributed by atoms with van der Waals surface area (Å²) < 4.78 is 10.2. The Morgan fingerprint density at radius 3 is 2.75 bits per heavy atom. The molecule has 0 aliphatic carbocycles. The molecule has 1 heterocycles. The average molecular weight is 115 g/mol. The summed E-state index contributed by atoms with van der Waals surface area (Å²) in [6.45, 7) is 4.70. The second-order valence-corrected chi connectivity index (χ2v) is 2.06. The molecule has 1 unspecified atom stereocenters. The first-order valence-electron chi connectivity index (χ1n) is 2.92. The van der Waals surface area contributed by atoms with Crippen molar-refractivity contribution in [3.05, 3.63) is 6.29 Å². The zero-order chi connectivity index (χ0) is 5.98. The maximum absolute atomic E-state index is 5.18. The first-order chi connectivity index (χ1) is 3.79. The first kappa shape index (κ1) is 6.05. The van der Waals surface area contributed by atoms with Crippen molar-refractivity contribution in [2.75, 3.05) is 6.61 Å². The molecular weight excluding hydrogens is 104 g/mol. The van der Waals surface area contributed by atoms with Crippen LogP contribution in [0, 0.1) is 6.29 Å². The van der Waals surface area contributed by atoms with E-state index in [9.17, 15) is 0 Å². The van der Waals surface area contributed by atoms with Crippen molar-refractivity contribution in [2.24, 2.45) is 0 Å². The zero-order valence-corrected chi connectivity index (χ0v) is 5.31. The molecule has 1 atom stereocenters. The smallest absolute Gasteiger partial charge is 0.220 e. The quantitative estimate of drug-likeness (QED) is 0.474. The van der Waals surface area contributed by atoms with Gasteiger partial charge in [-0.3, -0.25) is 0 Å². The second kappa shape index (κ2) is 2.46. The van der Waals surface area contributed by atoms with E-state index in [2.05, 4.69) is 0 Å². The van der Waals surface area contributed by atoms with Crippen LogP contribution in [0.5, 0.6) is 0 Å². The lowest BCUT2D eigenvalue weighted by molar-refractivity contribution is -0.116. The molecule has 1 radical (unpaired) electrons. The lowest BCUT2D eigenvalue weighted by atomic mass is 10.3. The Morgan fingerprint density at radius 2 is 2.38 bits per heavy atom. The molecule has 8 heavy (non-hydrogen) atoms. The molecule has 1 rings (SSSR count).